The molecule has 62 valence electrons. The van der Waals surface area contributed by atoms with Gasteiger partial charge in [0.25, 0.3) is 0 Å². The van der Waals surface area contributed by atoms with Crippen LogP contribution < -0.4 is 11.3 Å². The van der Waals surface area contributed by atoms with Crippen LogP contribution in [0.1, 0.15) is 20.8 Å². The highest BCUT2D eigenvalue weighted by molar-refractivity contribution is 6.24. The van der Waals surface area contributed by atoms with E-state index in [9.17, 15) is 0 Å². The second kappa shape index (κ2) is 3.77. The Morgan fingerprint density at radius 1 is 1.30 bits per heavy atom. The summed E-state index contributed by atoms with van der Waals surface area (Å²) >= 11 is 11.7. The van der Waals surface area contributed by atoms with E-state index in [1.807, 2.05) is 20.8 Å². The Morgan fingerprint density at radius 3 is 1.60 bits per heavy atom. The van der Waals surface area contributed by atoms with Crippen LogP contribution in [0.4, 0.5) is 0 Å². The zero-order chi connectivity index (χ0) is 8.36. The van der Waals surface area contributed by atoms with E-state index in [1.165, 1.54) is 0 Å². The van der Waals surface area contributed by atoms with Gasteiger partial charge in [0.2, 0.25) is 0 Å². The largest absolute Gasteiger partial charge is 0.271 e. The number of hydrogen-bond donors (Lipinski definition) is 2. The number of hydrogen-bond acceptors (Lipinski definition) is 2. The van der Waals surface area contributed by atoms with Crippen LogP contribution in [0.5, 0.6) is 0 Å². The molecule has 0 saturated carbocycles. The van der Waals surface area contributed by atoms with Gasteiger partial charge in [-0.15, -0.1) is 23.2 Å². The van der Waals surface area contributed by atoms with Crippen LogP contribution in [0.25, 0.3) is 0 Å². The van der Waals surface area contributed by atoms with Gasteiger partial charge >= 0.3 is 0 Å². The van der Waals surface area contributed by atoms with Gasteiger partial charge in [-0.3, -0.25) is 11.3 Å². The van der Waals surface area contributed by atoms with Crippen molar-refractivity contribution < 1.29 is 0 Å². The first-order chi connectivity index (χ1) is 4.45. The highest BCUT2D eigenvalue weighted by Gasteiger charge is 2.33. The summed E-state index contributed by atoms with van der Waals surface area (Å²) in [5.74, 6) is 5.29. The number of hydrazine groups is 1. The van der Waals surface area contributed by atoms with Crippen molar-refractivity contribution >= 4 is 23.2 Å². The molecule has 0 heterocycles. The summed E-state index contributed by atoms with van der Waals surface area (Å²) in [6, 6.07) is 0. The lowest BCUT2D eigenvalue weighted by Crippen LogP contribution is -2.57. The maximum absolute atomic E-state index is 5.85. The van der Waals surface area contributed by atoms with Crippen molar-refractivity contribution in [3.8, 4) is 0 Å². The Labute approximate surface area is 72.0 Å². The summed E-state index contributed by atoms with van der Waals surface area (Å²) in [6.07, 6.45) is 0. The zero-order valence-electron chi connectivity index (χ0n) is 6.49. The molecule has 0 aromatic heterocycles. The van der Waals surface area contributed by atoms with Gasteiger partial charge in [0, 0.05) is 0 Å². The van der Waals surface area contributed by atoms with Crippen molar-refractivity contribution in [2.45, 2.75) is 37.1 Å². The highest BCUT2D eigenvalue weighted by Crippen LogP contribution is 2.22. The molecule has 2 nitrogen and oxygen atoms in total. The quantitative estimate of drug-likeness (QED) is 0.397. The molecule has 0 saturated heterocycles. The average Bonchev–Trinajstić information content (AvgIpc) is 1.85. The molecule has 0 spiro atoms. The molecular formula is C6H14Cl2N2. The molecule has 0 bridgehead atoms. The zero-order valence-corrected chi connectivity index (χ0v) is 8.00. The van der Waals surface area contributed by atoms with Gasteiger partial charge in [0.1, 0.15) is 0 Å². The predicted octanol–water partition coefficient (Wildman–Crippen LogP) is 1.46. The van der Waals surface area contributed by atoms with Crippen molar-refractivity contribution in [1.82, 2.24) is 5.43 Å². The first kappa shape index (κ1) is 10.5. The molecule has 0 aromatic carbocycles. The van der Waals surface area contributed by atoms with Crippen LogP contribution in [0.15, 0.2) is 0 Å². The van der Waals surface area contributed by atoms with E-state index in [2.05, 4.69) is 5.43 Å². The molecule has 2 unspecified atom stereocenters. The van der Waals surface area contributed by atoms with Crippen molar-refractivity contribution in [3.05, 3.63) is 0 Å². The van der Waals surface area contributed by atoms with Crippen molar-refractivity contribution in [2.24, 2.45) is 5.84 Å². The van der Waals surface area contributed by atoms with Crippen molar-refractivity contribution in [2.75, 3.05) is 0 Å². The molecule has 0 aromatic rings. The molecule has 3 N–H and O–H groups in total. The minimum Gasteiger partial charge on any atom is -0.271 e. The van der Waals surface area contributed by atoms with E-state index in [1.54, 1.807) is 0 Å². The highest BCUT2D eigenvalue weighted by atomic mass is 35.5. The summed E-state index contributed by atoms with van der Waals surface area (Å²) in [5, 5.41) is -0.185. The fraction of sp³-hybridized carbons (Fsp3) is 1.00. The van der Waals surface area contributed by atoms with Gasteiger partial charge in [0.15, 0.2) is 0 Å². The molecule has 4 heteroatoms. The smallest absolute Gasteiger partial charge is 0.0614 e. The molecule has 10 heavy (non-hydrogen) atoms. The van der Waals surface area contributed by atoms with E-state index in [0.29, 0.717) is 0 Å². The van der Waals surface area contributed by atoms with Gasteiger partial charge in [-0.05, 0) is 20.8 Å². The van der Waals surface area contributed by atoms with Gasteiger partial charge < -0.3 is 0 Å². The molecule has 0 amide bonds. The first-order valence-electron chi connectivity index (χ1n) is 3.21. The summed E-state index contributed by atoms with van der Waals surface area (Å²) in [4.78, 5) is 0. The van der Waals surface area contributed by atoms with Crippen LogP contribution in [-0.4, -0.2) is 16.3 Å². The summed E-state index contributed by atoms with van der Waals surface area (Å²) in [6.45, 7) is 5.61. The fourth-order valence-corrected chi connectivity index (χ4v) is 1.11. The van der Waals surface area contributed by atoms with Gasteiger partial charge in [-0.1, -0.05) is 0 Å². The van der Waals surface area contributed by atoms with Crippen LogP contribution in [0, 0.1) is 0 Å². The minimum absolute atomic E-state index is 0.0926. The Balaban J connectivity index is 4.23. The SMILES string of the molecule is CC(Cl)C(C)(NN)C(C)Cl. The second-order valence-corrected chi connectivity index (χ2v) is 3.97. The van der Waals surface area contributed by atoms with Crippen molar-refractivity contribution in [3.63, 3.8) is 0 Å². The summed E-state index contributed by atoms with van der Waals surface area (Å²) in [7, 11) is 0. The molecule has 0 aliphatic rings. The van der Waals surface area contributed by atoms with Crippen LogP contribution in [0.3, 0.4) is 0 Å². The molecule has 0 radical (unpaired) electrons. The second-order valence-electron chi connectivity index (χ2n) is 2.66. The summed E-state index contributed by atoms with van der Waals surface area (Å²) in [5.41, 5.74) is 2.21. The van der Waals surface area contributed by atoms with Crippen molar-refractivity contribution in [1.29, 1.82) is 0 Å². The van der Waals surface area contributed by atoms with E-state index >= 15 is 0 Å². The van der Waals surface area contributed by atoms with E-state index in [0.717, 1.165) is 0 Å². The van der Waals surface area contributed by atoms with E-state index in [-0.39, 0.29) is 10.8 Å². The monoisotopic (exact) mass is 184 g/mol. The number of alkyl halides is 2. The topological polar surface area (TPSA) is 38.0 Å². The third kappa shape index (κ3) is 1.99. The number of nitrogens with two attached hydrogens (primary N) is 1. The predicted molar refractivity (Wildman–Crippen MR) is 46.4 cm³/mol. The number of halogens is 2. The Kier molecular flexibility index (Phi) is 3.95. The number of rotatable bonds is 3. The fourth-order valence-electron chi connectivity index (χ4n) is 0.546. The molecular weight excluding hydrogens is 171 g/mol. The van der Waals surface area contributed by atoms with Gasteiger partial charge in [-0.2, -0.15) is 0 Å². The Morgan fingerprint density at radius 2 is 1.60 bits per heavy atom. The maximum Gasteiger partial charge on any atom is 0.0614 e. The molecule has 0 aliphatic heterocycles. The van der Waals surface area contributed by atoms with Crippen LogP contribution in [0.2, 0.25) is 0 Å². The first-order valence-corrected chi connectivity index (χ1v) is 4.08. The molecule has 0 rings (SSSR count). The normalized spacial score (nSPS) is 23.4. The van der Waals surface area contributed by atoms with Gasteiger partial charge in [-0.25, -0.2) is 0 Å². The third-order valence-corrected chi connectivity index (χ3v) is 2.87. The lowest BCUT2D eigenvalue weighted by atomic mass is 9.96. The Bertz CT molecular complexity index is 95.9. The van der Waals surface area contributed by atoms with E-state index < -0.39 is 5.54 Å². The summed E-state index contributed by atoms with van der Waals surface area (Å²) < 4.78 is 0. The van der Waals surface area contributed by atoms with Crippen LogP contribution in [-0.2, 0) is 0 Å². The molecule has 0 fully saturated rings. The Hall–Kier alpha value is 0.500. The average molecular weight is 185 g/mol. The lowest BCUT2D eigenvalue weighted by Gasteiger charge is -2.33. The van der Waals surface area contributed by atoms with Crippen LogP contribution >= 0.6 is 23.2 Å². The maximum atomic E-state index is 5.85. The van der Waals surface area contributed by atoms with E-state index in [4.69, 9.17) is 29.0 Å². The minimum atomic E-state index is -0.400. The standard InChI is InChI=1S/C6H14Cl2N2/c1-4(7)6(3,10-9)5(2)8/h4-5,10H,9H2,1-3H3. The van der Waals surface area contributed by atoms with Gasteiger partial charge in [0.05, 0.1) is 16.3 Å². The molecule has 0 aliphatic carbocycles. The lowest BCUT2D eigenvalue weighted by molar-refractivity contribution is 0.349. The molecule has 2 atom stereocenters. The third-order valence-electron chi connectivity index (χ3n) is 1.96. The number of nitrogens with one attached hydrogen (secondary N) is 1.